The lowest BCUT2D eigenvalue weighted by atomic mass is 10.1. The van der Waals surface area contributed by atoms with Gasteiger partial charge in [0.1, 0.15) is 5.60 Å². The maximum Gasteiger partial charge on any atom is 0.338 e. The Morgan fingerprint density at radius 3 is 2.75 bits per heavy atom. The number of ether oxygens (including phenoxy) is 2. The third-order valence-corrected chi connectivity index (χ3v) is 3.15. The number of aliphatic hydroxyl groups excluding tert-OH is 1. The molecule has 1 N–H and O–H groups in total. The molecule has 2 atom stereocenters. The van der Waals surface area contributed by atoms with E-state index in [2.05, 4.69) is 4.98 Å². The number of hydrogen-bond donors (Lipinski definition) is 1. The maximum absolute atomic E-state index is 13.3. The molecule has 7 nitrogen and oxygen atoms in total. The molecule has 1 aromatic heterocycles. The summed E-state index contributed by atoms with van der Waals surface area (Å²) in [7, 11) is 0. The SMILES string of the molecule is CC(C)(C)OC(=O)[C@H](O)[C@H]1OCCN(c2cnc(F)c(F)c2)C1=O. The van der Waals surface area contributed by atoms with Gasteiger partial charge in [-0.2, -0.15) is 4.39 Å². The van der Waals surface area contributed by atoms with Crippen LogP contribution in [-0.4, -0.2) is 52.9 Å². The molecular weight excluding hydrogens is 326 g/mol. The number of amides is 1. The van der Waals surface area contributed by atoms with Gasteiger partial charge in [0.25, 0.3) is 5.91 Å². The van der Waals surface area contributed by atoms with E-state index in [0.29, 0.717) is 0 Å². The van der Waals surface area contributed by atoms with Crippen LogP contribution in [0.3, 0.4) is 0 Å². The standard InChI is InChI=1S/C15H18F2N2O5/c1-15(2,3)24-14(22)10(20)11-13(21)19(4-5-23-11)8-6-9(16)12(17)18-7-8/h6-7,10-11,20H,4-5H2,1-3H3/t10-,11-/m1/s1. The van der Waals surface area contributed by atoms with Crippen molar-refractivity contribution in [3.05, 3.63) is 24.0 Å². The number of carbonyl (C=O) groups is 2. The molecule has 0 spiro atoms. The minimum atomic E-state index is -1.84. The number of aromatic nitrogens is 1. The first-order chi connectivity index (χ1) is 11.1. The van der Waals surface area contributed by atoms with Crippen LogP contribution < -0.4 is 4.90 Å². The molecule has 9 heteroatoms. The number of halogens is 2. The van der Waals surface area contributed by atoms with E-state index in [4.69, 9.17) is 9.47 Å². The van der Waals surface area contributed by atoms with E-state index in [0.717, 1.165) is 17.2 Å². The highest BCUT2D eigenvalue weighted by atomic mass is 19.2. The van der Waals surface area contributed by atoms with Gasteiger partial charge in [0, 0.05) is 12.6 Å². The minimum absolute atomic E-state index is 0.00332. The van der Waals surface area contributed by atoms with Crippen molar-refractivity contribution >= 4 is 17.6 Å². The number of morpholine rings is 1. The van der Waals surface area contributed by atoms with Crippen molar-refractivity contribution in [2.75, 3.05) is 18.1 Å². The smallest absolute Gasteiger partial charge is 0.338 e. The number of carbonyl (C=O) groups excluding carboxylic acids is 2. The molecule has 1 fully saturated rings. The second-order valence-corrected chi connectivity index (χ2v) is 6.23. The summed E-state index contributed by atoms with van der Waals surface area (Å²) in [6.45, 7) is 4.87. The van der Waals surface area contributed by atoms with Crippen molar-refractivity contribution in [2.45, 2.75) is 38.6 Å². The van der Waals surface area contributed by atoms with Crippen LogP contribution in [0.4, 0.5) is 14.5 Å². The lowest BCUT2D eigenvalue weighted by Crippen LogP contribution is -2.55. The first-order valence-corrected chi connectivity index (χ1v) is 7.25. The fourth-order valence-corrected chi connectivity index (χ4v) is 2.13. The highest BCUT2D eigenvalue weighted by molar-refractivity contribution is 6.00. The third-order valence-electron chi connectivity index (χ3n) is 3.15. The van der Waals surface area contributed by atoms with Crippen molar-refractivity contribution in [3.8, 4) is 0 Å². The summed E-state index contributed by atoms with van der Waals surface area (Å²) in [5, 5.41) is 10.0. The minimum Gasteiger partial charge on any atom is -0.458 e. The number of rotatable bonds is 3. The van der Waals surface area contributed by atoms with Crippen molar-refractivity contribution in [1.82, 2.24) is 4.98 Å². The molecule has 0 aliphatic carbocycles. The summed E-state index contributed by atoms with van der Waals surface area (Å²) < 4.78 is 36.4. The molecule has 0 bridgehead atoms. The van der Waals surface area contributed by atoms with E-state index in [1.807, 2.05) is 0 Å². The van der Waals surface area contributed by atoms with Crippen molar-refractivity contribution < 1.29 is 33.0 Å². The van der Waals surface area contributed by atoms with Crippen LogP contribution >= 0.6 is 0 Å². The second kappa shape index (κ2) is 6.78. The van der Waals surface area contributed by atoms with Crippen molar-refractivity contribution in [2.24, 2.45) is 0 Å². The highest BCUT2D eigenvalue weighted by Crippen LogP contribution is 2.22. The predicted molar refractivity (Wildman–Crippen MR) is 78.1 cm³/mol. The predicted octanol–water partition coefficient (Wildman–Crippen LogP) is 0.794. The van der Waals surface area contributed by atoms with Crippen LogP contribution in [0.25, 0.3) is 0 Å². The molecule has 0 radical (unpaired) electrons. The molecule has 1 aliphatic heterocycles. The molecule has 0 saturated carbocycles. The van der Waals surface area contributed by atoms with Gasteiger partial charge in [-0.15, -0.1) is 0 Å². The molecule has 1 amide bonds. The molecule has 0 aromatic carbocycles. The Kier molecular flexibility index (Phi) is 5.14. The van der Waals surface area contributed by atoms with Gasteiger partial charge in [0.05, 0.1) is 18.5 Å². The zero-order chi connectivity index (χ0) is 18.1. The molecule has 24 heavy (non-hydrogen) atoms. The number of aliphatic hydroxyl groups is 1. The molecule has 132 valence electrons. The van der Waals surface area contributed by atoms with E-state index in [1.165, 1.54) is 0 Å². The van der Waals surface area contributed by atoms with Gasteiger partial charge in [0.2, 0.25) is 5.95 Å². The quantitative estimate of drug-likeness (QED) is 0.644. The summed E-state index contributed by atoms with van der Waals surface area (Å²) in [5.74, 6) is -4.28. The van der Waals surface area contributed by atoms with Crippen LogP contribution in [0.5, 0.6) is 0 Å². The molecular formula is C15H18F2N2O5. The fraction of sp³-hybridized carbons (Fsp3) is 0.533. The Morgan fingerprint density at radius 2 is 2.17 bits per heavy atom. The van der Waals surface area contributed by atoms with Crippen molar-refractivity contribution in [3.63, 3.8) is 0 Å². The molecule has 1 saturated heterocycles. The Hall–Kier alpha value is -2.13. The summed E-state index contributed by atoms with van der Waals surface area (Å²) >= 11 is 0. The van der Waals surface area contributed by atoms with Crippen LogP contribution in [0.2, 0.25) is 0 Å². The second-order valence-electron chi connectivity index (χ2n) is 6.23. The normalized spacial score (nSPS) is 20.0. The van der Waals surface area contributed by atoms with E-state index >= 15 is 0 Å². The number of anilines is 1. The summed E-state index contributed by atoms with van der Waals surface area (Å²) in [6.07, 6.45) is -2.35. The summed E-state index contributed by atoms with van der Waals surface area (Å²) in [5.41, 5.74) is -0.844. The molecule has 0 unspecified atom stereocenters. The van der Waals surface area contributed by atoms with E-state index in [9.17, 15) is 23.5 Å². The Balaban J connectivity index is 2.17. The van der Waals surface area contributed by atoms with Crippen LogP contribution in [0.1, 0.15) is 20.8 Å². The van der Waals surface area contributed by atoms with Gasteiger partial charge < -0.3 is 19.5 Å². The van der Waals surface area contributed by atoms with Gasteiger partial charge in [0.15, 0.2) is 18.0 Å². The van der Waals surface area contributed by atoms with Gasteiger partial charge in [-0.05, 0) is 20.8 Å². The highest BCUT2D eigenvalue weighted by Gasteiger charge is 2.41. The number of pyridine rings is 1. The van der Waals surface area contributed by atoms with Crippen LogP contribution in [-0.2, 0) is 19.1 Å². The van der Waals surface area contributed by atoms with E-state index < -0.39 is 41.5 Å². The van der Waals surface area contributed by atoms with Crippen LogP contribution in [0.15, 0.2) is 12.3 Å². The number of esters is 1. The van der Waals surface area contributed by atoms with E-state index in [1.54, 1.807) is 20.8 Å². The molecule has 2 rings (SSSR count). The first-order valence-electron chi connectivity index (χ1n) is 7.25. The average molecular weight is 344 g/mol. The topological polar surface area (TPSA) is 89.0 Å². The third kappa shape index (κ3) is 4.04. The zero-order valence-electron chi connectivity index (χ0n) is 13.5. The van der Waals surface area contributed by atoms with Crippen LogP contribution in [0, 0.1) is 11.8 Å². The summed E-state index contributed by atoms with van der Waals surface area (Å²) in [4.78, 5) is 28.6. The summed E-state index contributed by atoms with van der Waals surface area (Å²) in [6, 6.07) is 0.808. The lowest BCUT2D eigenvalue weighted by molar-refractivity contribution is -0.177. The molecule has 2 heterocycles. The lowest BCUT2D eigenvalue weighted by Gasteiger charge is -2.34. The first kappa shape index (κ1) is 18.2. The molecule has 1 aliphatic rings. The number of hydrogen-bond acceptors (Lipinski definition) is 6. The van der Waals surface area contributed by atoms with Gasteiger partial charge in [-0.1, -0.05) is 0 Å². The fourth-order valence-electron chi connectivity index (χ4n) is 2.13. The Labute approximate surface area is 137 Å². The maximum atomic E-state index is 13.3. The van der Waals surface area contributed by atoms with Gasteiger partial charge in [-0.3, -0.25) is 4.79 Å². The van der Waals surface area contributed by atoms with Gasteiger partial charge >= 0.3 is 5.97 Å². The average Bonchev–Trinajstić information content (AvgIpc) is 2.48. The Bertz CT molecular complexity index is 647. The van der Waals surface area contributed by atoms with Gasteiger partial charge in [-0.25, -0.2) is 14.2 Å². The van der Waals surface area contributed by atoms with E-state index in [-0.39, 0.29) is 18.8 Å². The van der Waals surface area contributed by atoms with Crippen molar-refractivity contribution in [1.29, 1.82) is 0 Å². The zero-order valence-corrected chi connectivity index (χ0v) is 13.5. The Morgan fingerprint density at radius 1 is 1.50 bits per heavy atom. The largest absolute Gasteiger partial charge is 0.458 e. The number of nitrogens with zero attached hydrogens (tertiary/aromatic N) is 2. The monoisotopic (exact) mass is 344 g/mol. The molecule has 1 aromatic rings.